The fourth-order valence-corrected chi connectivity index (χ4v) is 5.35. The molecule has 1 aliphatic heterocycles. The van der Waals surface area contributed by atoms with Crippen LogP contribution < -0.4 is 0 Å². The van der Waals surface area contributed by atoms with E-state index in [4.69, 9.17) is 0 Å². The average molecular weight is 364 g/mol. The largest absolute Gasteiger partial charge is 0.508 e. The highest BCUT2D eigenvalue weighted by Crippen LogP contribution is 2.38. The van der Waals surface area contributed by atoms with Crippen LogP contribution in [0.5, 0.6) is 5.75 Å². The Hall–Kier alpha value is -1.80. The molecule has 2 nitrogen and oxygen atoms in total. The van der Waals surface area contributed by atoms with Gasteiger partial charge in [0.25, 0.3) is 0 Å². The zero-order chi connectivity index (χ0) is 18.5. The van der Waals surface area contributed by atoms with Gasteiger partial charge in [0, 0.05) is 6.04 Å². The molecule has 4 rings (SSSR count). The average Bonchev–Trinajstić information content (AvgIpc) is 2.74. The molecule has 0 spiro atoms. The monoisotopic (exact) mass is 363 g/mol. The first-order valence-electron chi connectivity index (χ1n) is 10.9. The standard InChI is InChI=1S/C25H33NO/c27-24-13-7-8-20(18-24)19-25(23-11-5-2-6-12-23)26-16-14-22(15-17-26)21-9-3-1-4-10-21/h2,5-8,11-13,18,21-22,25,27H,1,3-4,9-10,14-17,19H2/t25-/m0/s1. The smallest absolute Gasteiger partial charge is 0.115 e. The number of phenols is 1. The molecule has 27 heavy (non-hydrogen) atoms. The Kier molecular flexibility index (Phi) is 6.14. The predicted octanol–water partition coefficient (Wildman–Crippen LogP) is 5.97. The number of hydrogen-bond donors (Lipinski definition) is 1. The summed E-state index contributed by atoms with van der Waals surface area (Å²) in [5.41, 5.74) is 2.62. The van der Waals surface area contributed by atoms with Crippen molar-refractivity contribution in [1.82, 2.24) is 4.90 Å². The van der Waals surface area contributed by atoms with Gasteiger partial charge in [0.1, 0.15) is 5.75 Å². The maximum atomic E-state index is 9.87. The van der Waals surface area contributed by atoms with Gasteiger partial charge >= 0.3 is 0 Å². The highest BCUT2D eigenvalue weighted by Gasteiger charge is 2.30. The minimum Gasteiger partial charge on any atom is -0.508 e. The summed E-state index contributed by atoms with van der Waals surface area (Å²) in [4.78, 5) is 2.69. The van der Waals surface area contributed by atoms with Crippen molar-refractivity contribution in [3.05, 3.63) is 65.7 Å². The molecule has 1 atom stereocenters. The molecule has 2 fully saturated rings. The second-order valence-electron chi connectivity index (χ2n) is 8.57. The lowest BCUT2D eigenvalue weighted by Gasteiger charge is -2.41. The van der Waals surface area contributed by atoms with Crippen LogP contribution in [0.25, 0.3) is 0 Å². The predicted molar refractivity (Wildman–Crippen MR) is 112 cm³/mol. The zero-order valence-corrected chi connectivity index (χ0v) is 16.4. The first kappa shape index (κ1) is 18.6. The first-order valence-corrected chi connectivity index (χ1v) is 10.9. The van der Waals surface area contributed by atoms with Crippen molar-refractivity contribution in [1.29, 1.82) is 0 Å². The van der Waals surface area contributed by atoms with E-state index in [9.17, 15) is 5.11 Å². The van der Waals surface area contributed by atoms with Gasteiger partial charge in [-0.1, -0.05) is 74.6 Å². The quantitative estimate of drug-likeness (QED) is 0.707. The summed E-state index contributed by atoms with van der Waals surface area (Å²) >= 11 is 0. The van der Waals surface area contributed by atoms with Crippen molar-refractivity contribution < 1.29 is 5.11 Å². The molecule has 1 aliphatic carbocycles. The molecule has 1 N–H and O–H groups in total. The molecular formula is C25H33NO. The number of aromatic hydroxyl groups is 1. The molecule has 2 aliphatic rings. The van der Waals surface area contributed by atoms with Crippen molar-refractivity contribution in [3.63, 3.8) is 0 Å². The van der Waals surface area contributed by atoms with Gasteiger partial charge in [-0.25, -0.2) is 0 Å². The Morgan fingerprint density at radius 2 is 1.52 bits per heavy atom. The molecule has 2 heteroatoms. The van der Waals surface area contributed by atoms with Gasteiger partial charge in [-0.05, 0) is 67.4 Å². The van der Waals surface area contributed by atoms with E-state index in [1.807, 2.05) is 12.1 Å². The summed E-state index contributed by atoms with van der Waals surface area (Å²) in [5, 5.41) is 9.87. The third-order valence-electron chi connectivity index (χ3n) is 6.86. The molecule has 2 aromatic rings. The van der Waals surface area contributed by atoms with Crippen LogP contribution in [0.15, 0.2) is 54.6 Å². The zero-order valence-electron chi connectivity index (χ0n) is 16.4. The van der Waals surface area contributed by atoms with E-state index >= 15 is 0 Å². The molecule has 0 amide bonds. The topological polar surface area (TPSA) is 23.5 Å². The van der Waals surface area contributed by atoms with Crippen LogP contribution in [0.2, 0.25) is 0 Å². The van der Waals surface area contributed by atoms with Crippen molar-refractivity contribution in [2.45, 2.75) is 57.4 Å². The molecule has 0 aromatic heterocycles. The molecule has 0 unspecified atom stereocenters. The lowest BCUT2D eigenvalue weighted by Crippen LogP contribution is -2.39. The Bertz CT molecular complexity index is 699. The summed E-state index contributed by atoms with van der Waals surface area (Å²) in [6.07, 6.45) is 11.0. The van der Waals surface area contributed by atoms with E-state index in [1.165, 1.54) is 69.2 Å². The van der Waals surface area contributed by atoms with E-state index in [0.717, 1.165) is 18.3 Å². The van der Waals surface area contributed by atoms with Crippen LogP contribution in [0, 0.1) is 11.8 Å². The highest BCUT2D eigenvalue weighted by molar-refractivity contribution is 5.30. The number of nitrogens with zero attached hydrogens (tertiary/aromatic N) is 1. The Morgan fingerprint density at radius 3 is 2.22 bits per heavy atom. The van der Waals surface area contributed by atoms with E-state index in [0.29, 0.717) is 11.8 Å². The lowest BCUT2D eigenvalue weighted by molar-refractivity contribution is 0.0941. The van der Waals surface area contributed by atoms with Crippen LogP contribution in [-0.2, 0) is 6.42 Å². The van der Waals surface area contributed by atoms with Gasteiger partial charge in [0.2, 0.25) is 0 Å². The SMILES string of the molecule is Oc1cccc(C[C@@H](c2ccccc2)N2CCC(C3CCCCC3)CC2)c1. The van der Waals surface area contributed by atoms with Gasteiger partial charge in [-0.2, -0.15) is 0 Å². The summed E-state index contributed by atoms with van der Waals surface area (Å²) in [6.45, 7) is 2.42. The van der Waals surface area contributed by atoms with Crippen LogP contribution in [0.3, 0.4) is 0 Å². The van der Waals surface area contributed by atoms with Gasteiger partial charge in [-0.15, -0.1) is 0 Å². The Balaban J connectivity index is 1.46. The Labute approximate surface area is 164 Å². The van der Waals surface area contributed by atoms with E-state index in [1.54, 1.807) is 6.07 Å². The third-order valence-corrected chi connectivity index (χ3v) is 6.86. The van der Waals surface area contributed by atoms with E-state index in [2.05, 4.69) is 41.3 Å². The number of benzene rings is 2. The second-order valence-corrected chi connectivity index (χ2v) is 8.57. The van der Waals surface area contributed by atoms with Gasteiger partial charge in [-0.3, -0.25) is 4.90 Å². The fourth-order valence-electron chi connectivity index (χ4n) is 5.35. The van der Waals surface area contributed by atoms with Gasteiger partial charge < -0.3 is 5.11 Å². The van der Waals surface area contributed by atoms with Crippen LogP contribution in [-0.4, -0.2) is 23.1 Å². The first-order chi connectivity index (χ1) is 13.3. The minimum atomic E-state index is 0.371. The summed E-state index contributed by atoms with van der Waals surface area (Å²) in [6, 6.07) is 19.1. The van der Waals surface area contributed by atoms with Crippen molar-refractivity contribution >= 4 is 0 Å². The Morgan fingerprint density at radius 1 is 0.815 bits per heavy atom. The molecule has 1 saturated carbocycles. The number of likely N-dealkylation sites (tertiary alicyclic amines) is 1. The molecule has 0 radical (unpaired) electrons. The summed E-state index contributed by atoms with van der Waals surface area (Å²) in [7, 11) is 0. The normalized spacial score (nSPS) is 21.2. The van der Waals surface area contributed by atoms with Gasteiger partial charge in [0.15, 0.2) is 0 Å². The highest BCUT2D eigenvalue weighted by atomic mass is 16.3. The van der Waals surface area contributed by atoms with Gasteiger partial charge in [0.05, 0.1) is 0 Å². The molecular weight excluding hydrogens is 330 g/mol. The van der Waals surface area contributed by atoms with Crippen LogP contribution in [0.4, 0.5) is 0 Å². The number of rotatable bonds is 5. The molecule has 144 valence electrons. The second kappa shape index (κ2) is 8.93. The minimum absolute atomic E-state index is 0.371. The van der Waals surface area contributed by atoms with Crippen molar-refractivity contribution in [2.75, 3.05) is 13.1 Å². The molecule has 0 bridgehead atoms. The van der Waals surface area contributed by atoms with Crippen molar-refractivity contribution in [3.8, 4) is 5.75 Å². The fraction of sp³-hybridized carbons (Fsp3) is 0.520. The van der Waals surface area contributed by atoms with Crippen LogP contribution >= 0.6 is 0 Å². The molecule has 2 aromatic carbocycles. The van der Waals surface area contributed by atoms with E-state index in [-0.39, 0.29) is 0 Å². The number of piperidine rings is 1. The number of hydrogen-bond acceptors (Lipinski definition) is 2. The molecule has 1 heterocycles. The summed E-state index contributed by atoms with van der Waals surface area (Å²) < 4.78 is 0. The lowest BCUT2D eigenvalue weighted by atomic mass is 9.75. The maximum absolute atomic E-state index is 9.87. The van der Waals surface area contributed by atoms with E-state index < -0.39 is 0 Å². The van der Waals surface area contributed by atoms with Crippen molar-refractivity contribution in [2.24, 2.45) is 11.8 Å². The molecule has 1 saturated heterocycles. The van der Waals surface area contributed by atoms with Crippen LogP contribution in [0.1, 0.15) is 62.1 Å². The number of phenolic OH excluding ortho intramolecular Hbond substituents is 1. The third kappa shape index (κ3) is 4.73. The summed E-state index contributed by atoms with van der Waals surface area (Å²) in [5.74, 6) is 2.30. The maximum Gasteiger partial charge on any atom is 0.115 e.